The van der Waals surface area contributed by atoms with Crippen LogP contribution in [0.2, 0.25) is 0 Å². The van der Waals surface area contributed by atoms with Gasteiger partial charge < -0.3 is 8.83 Å². The first-order valence-corrected chi connectivity index (χ1v) is 40.2. The van der Waals surface area contributed by atoms with Crippen molar-refractivity contribution in [2.45, 2.75) is 12.8 Å². The van der Waals surface area contributed by atoms with Crippen LogP contribution in [0.5, 0.6) is 0 Å². The second-order valence-electron chi connectivity index (χ2n) is 29.2. The topological polar surface area (TPSA) is 89.7 Å². The van der Waals surface area contributed by atoms with Crippen LogP contribution in [0.4, 0.5) is 0 Å². The van der Waals surface area contributed by atoms with Crippen molar-refractivity contribution in [1.29, 1.82) is 0 Å². The number of fused-ring (bicyclic) bond motifs is 12. The van der Waals surface area contributed by atoms with E-state index in [0.29, 0.717) is 23.3 Å². The molecule has 16 aromatic carbocycles. The number of furan rings is 2. The Labute approximate surface area is 664 Å². The maximum Gasteiger partial charge on any atom is 0.165 e. The van der Waals surface area contributed by atoms with Gasteiger partial charge in [-0.15, -0.1) is 22.7 Å². The van der Waals surface area contributed by atoms with E-state index in [2.05, 4.69) is 322 Å². The van der Waals surface area contributed by atoms with Gasteiger partial charge in [0.15, 0.2) is 23.3 Å². The molecule has 22 rings (SSSR count). The number of rotatable bonds is 13. The molecule has 0 bridgehead atoms. The molecule has 534 valence electrons. The second kappa shape index (κ2) is 27.9. The summed E-state index contributed by atoms with van der Waals surface area (Å²) in [5, 5.41) is 9.16. The molecule has 7 nitrogen and oxygen atoms in total. The van der Waals surface area contributed by atoms with Gasteiger partial charge in [0.25, 0.3) is 0 Å². The molecule has 0 fully saturated rings. The average Bonchev–Trinajstić information content (AvgIpc) is 1.60. The summed E-state index contributed by atoms with van der Waals surface area (Å²) >= 11 is 3.61. The van der Waals surface area contributed by atoms with Crippen LogP contribution in [-0.4, -0.2) is 26.5 Å². The van der Waals surface area contributed by atoms with E-state index < -0.39 is 0 Å². The first-order chi connectivity index (χ1) is 56.4. The third-order valence-corrected chi connectivity index (χ3v) is 24.7. The summed E-state index contributed by atoms with van der Waals surface area (Å²) in [7, 11) is 0. The maximum absolute atomic E-state index is 6.77. The molecular formula is C105H65N5O2S2. The molecule has 6 heterocycles. The molecule has 0 N–H and O–H groups in total. The van der Waals surface area contributed by atoms with E-state index in [1.165, 1.54) is 35.8 Å². The highest BCUT2D eigenvalue weighted by atomic mass is 32.1. The largest absolute Gasteiger partial charge is 0.456 e. The smallest absolute Gasteiger partial charge is 0.165 e. The Hall–Kier alpha value is -14.4. The van der Waals surface area contributed by atoms with E-state index in [1.807, 2.05) is 59.9 Å². The first kappa shape index (κ1) is 66.6. The molecule has 0 spiro atoms. The van der Waals surface area contributed by atoms with Crippen molar-refractivity contribution in [3.63, 3.8) is 0 Å². The van der Waals surface area contributed by atoms with E-state index in [-0.39, 0.29) is 0 Å². The second-order valence-corrected chi connectivity index (χ2v) is 31.3. The zero-order valence-corrected chi connectivity index (χ0v) is 63.1. The van der Waals surface area contributed by atoms with Crippen LogP contribution in [0.15, 0.2) is 389 Å². The van der Waals surface area contributed by atoms with Crippen LogP contribution in [-0.2, 0) is 0 Å². The number of aliphatic imine (C=N–C) groups is 2. The zero-order valence-electron chi connectivity index (χ0n) is 61.5. The minimum Gasteiger partial charge on any atom is -0.456 e. The Bertz CT molecular complexity index is 7460. The van der Waals surface area contributed by atoms with E-state index in [9.17, 15) is 0 Å². The van der Waals surface area contributed by atoms with Gasteiger partial charge in [-0.1, -0.05) is 303 Å². The lowest BCUT2D eigenvalue weighted by Crippen LogP contribution is -2.09. The van der Waals surface area contributed by atoms with Gasteiger partial charge in [0.05, 0.1) is 11.4 Å². The van der Waals surface area contributed by atoms with E-state index in [0.717, 1.165) is 184 Å². The number of thiophene rings is 2. The molecule has 0 amide bonds. The molecule has 1 aliphatic heterocycles. The molecule has 0 unspecified atom stereocenters. The van der Waals surface area contributed by atoms with Crippen LogP contribution < -0.4 is 0 Å². The van der Waals surface area contributed by atoms with Gasteiger partial charge in [-0.3, -0.25) is 0 Å². The number of amidine groups is 1. The minimum absolute atomic E-state index is 0.638. The molecule has 9 heteroatoms. The van der Waals surface area contributed by atoms with Crippen molar-refractivity contribution >= 4 is 124 Å². The lowest BCUT2D eigenvalue weighted by Gasteiger charge is -2.15. The fraction of sp³-hybridized carbons (Fsp3) is 0.0190. The van der Waals surface area contributed by atoms with Crippen molar-refractivity contribution < 1.29 is 8.83 Å². The summed E-state index contributed by atoms with van der Waals surface area (Å²) in [5.41, 5.74) is 27.0. The summed E-state index contributed by atoms with van der Waals surface area (Å²) in [6.07, 6.45) is 3.80. The zero-order chi connectivity index (χ0) is 75.2. The van der Waals surface area contributed by atoms with E-state index in [1.54, 1.807) is 11.3 Å². The van der Waals surface area contributed by atoms with Crippen molar-refractivity contribution in [2.24, 2.45) is 9.98 Å². The predicted molar refractivity (Wildman–Crippen MR) is 478 cm³/mol. The Kier molecular flexibility index (Phi) is 16.3. The number of aromatic nitrogens is 3. The fourth-order valence-corrected chi connectivity index (χ4v) is 19.2. The molecule has 5 aromatic heterocycles. The molecule has 21 aromatic rings. The van der Waals surface area contributed by atoms with Gasteiger partial charge in [-0.2, -0.15) is 0 Å². The normalized spacial score (nSPS) is 12.6. The number of nitrogens with zero attached hydrogens (tertiary/aromatic N) is 5. The third kappa shape index (κ3) is 11.9. The molecule has 0 radical (unpaired) electrons. The summed E-state index contributed by atoms with van der Waals surface area (Å²) in [6.45, 7) is 0. The standard InChI is InChI=1S/C105H65N5O2S2/c1-5-24-64(25-6-1)70-32-19-34-74(56-70)89-59-76(60-90-80-38-15-17-46-93(80)112-99(89)90)71-52-54-81-83-40-21-42-85(100(83)113-96(81)62-71)92-45-23-44-91(106-102(107-92)67-26-7-2-8-27-67)75-35-20-33-73(57-75)79-37-14-13-36-78(79)65-48-50-66(51-49-65)88-58-77(61-95-98(88)86-39-16-18-47-94(86)111-95)72-53-55-82-84-41-22-43-87(101(84)114-97(82)63-72)105-109-103(68-28-9-3-10-29-68)108-104(110-105)69-30-11-4-12-31-69/h1-22,24-43,45-63H,23,44H2. The summed E-state index contributed by atoms with van der Waals surface area (Å²) in [6, 6.07) is 130. The van der Waals surface area contributed by atoms with Crippen LogP contribution in [0, 0.1) is 0 Å². The van der Waals surface area contributed by atoms with E-state index in [4.69, 9.17) is 33.8 Å². The van der Waals surface area contributed by atoms with Gasteiger partial charge >= 0.3 is 0 Å². The van der Waals surface area contributed by atoms with Gasteiger partial charge in [0.2, 0.25) is 0 Å². The van der Waals surface area contributed by atoms with Crippen LogP contribution >= 0.6 is 22.7 Å². The monoisotopic (exact) mass is 1490 g/mol. The Morgan fingerprint density at radius 3 is 1.37 bits per heavy atom. The SMILES string of the molecule is C1=C(c2cccc3c2sc2cc(-c4cc(-c5cccc(-c6ccccc6)c5)c5oc6ccccc6c5c4)ccc23)N=C(c2ccccc2)N=C(c2cccc(-c3ccccc3-c3ccc(-c4cc(-c5ccc6c(c5)sc5c(-c7nc(-c8ccccc8)nc(-c8ccccc8)n7)cccc56)cc5oc6ccccc6c45)cc3)c2)CC1. The first-order valence-electron chi connectivity index (χ1n) is 38.5. The third-order valence-electron chi connectivity index (χ3n) is 22.3. The average molecular weight is 1490 g/mol. The number of benzene rings is 16. The highest BCUT2D eigenvalue weighted by Gasteiger charge is 2.24. The van der Waals surface area contributed by atoms with Crippen LogP contribution in [0.1, 0.15) is 29.5 Å². The van der Waals surface area contributed by atoms with Crippen LogP contribution in [0.25, 0.3) is 202 Å². The Morgan fingerprint density at radius 2 is 0.702 bits per heavy atom. The summed E-state index contributed by atoms with van der Waals surface area (Å²) in [4.78, 5) is 26.5. The number of allylic oxidation sites excluding steroid dienone is 1. The van der Waals surface area contributed by atoms with Crippen molar-refractivity contribution in [3.05, 3.63) is 387 Å². The highest BCUT2D eigenvalue weighted by molar-refractivity contribution is 7.26. The maximum atomic E-state index is 6.77. The molecule has 0 aliphatic carbocycles. The molecule has 0 saturated heterocycles. The molecule has 0 saturated carbocycles. The molecule has 114 heavy (non-hydrogen) atoms. The highest BCUT2D eigenvalue weighted by Crippen LogP contribution is 2.48. The molecular weight excluding hydrogens is 1430 g/mol. The number of hydrogen-bond donors (Lipinski definition) is 0. The van der Waals surface area contributed by atoms with Crippen molar-refractivity contribution in [2.75, 3.05) is 0 Å². The van der Waals surface area contributed by atoms with Gasteiger partial charge in [-0.25, -0.2) is 24.9 Å². The Morgan fingerprint density at radius 1 is 0.246 bits per heavy atom. The number of para-hydroxylation sites is 2. The summed E-state index contributed by atoms with van der Waals surface area (Å²) < 4.78 is 18.2. The fourth-order valence-electron chi connectivity index (χ4n) is 16.7. The van der Waals surface area contributed by atoms with E-state index >= 15 is 0 Å². The van der Waals surface area contributed by atoms with Gasteiger partial charge in [0, 0.05) is 95.3 Å². The summed E-state index contributed by atoms with van der Waals surface area (Å²) in [5.74, 6) is 2.60. The lowest BCUT2D eigenvalue weighted by molar-refractivity contribution is 0.669. The minimum atomic E-state index is 0.638. The quantitative estimate of drug-likeness (QED) is 0.115. The van der Waals surface area contributed by atoms with Crippen molar-refractivity contribution in [1.82, 2.24) is 15.0 Å². The van der Waals surface area contributed by atoms with Gasteiger partial charge in [0.1, 0.15) is 22.3 Å². The van der Waals surface area contributed by atoms with Crippen LogP contribution in [0.3, 0.4) is 0 Å². The number of hydrogen-bond acceptors (Lipinski definition) is 9. The lowest BCUT2D eigenvalue weighted by atomic mass is 9.90. The van der Waals surface area contributed by atoms with Gasteiger partial charge in [-0.05, 0) is 157 Å². The predicted octanol–water partition coefficient (Wildman–Crippen LogP) is 29.1. The molecule has 0 atom stereocenters. The van der Waals surface area contributed by atoms with Crippen molar-refractivity contribution in [3.8, 4) is 112 Å². The molecule has 1 aliphatic rings. The Balaban J connectivity index is 0.577.